The highest BCUT2D eigenvalue weighted by Crippen LogP contribution is 2.23. The summed E-state index contributed by atoms with van der Waals surface area (Å²) in [4.78, 5) is 15.9. The van der Waals surface area contributed by atoms with E-state index in [9.17, 15) is 9.18 Å². The van der Waals surface area contributed by atoms with E-state index >= 15 is 0 Å². The summed E-state index contributed by atoms with van der Waals surface area (Å²) in [5, 5.41) is 6.42. The summed E-state index contributed by atoms with van der Waals surface area (Å²) in [6.07, 6.45) is 1.44. The Balaban J connectivity index is 1.73. The topological polar surface area (TPSA) is 52.2 Å². The number of benzene rings is 1. The number of nitrogens with one attached hydrogen (secondary N) is 1. The Kier molecular flexibility index (Phi) is 3.79. The maximum atomic E-state index is 12.9. The molecule has 1 aromatic carbocycles. The van der Waals surface area contributed by atoms with E-state index in [1.54, 1.807) is 12.1 Å². The minimum Gasteiger partial charge on any atom is -0.368 e. The number of H-pyrrole nitrogens is 1. The molecule has 0 aliphatic carbocycles. The molecule has 0 saturated carbocycles. The van der Waals surface area contributed by atoms with Crippen LogP contribution in [0.2, 0.25) is 5.02 Å². The predicted octanol–water partition coefficient (Wildman–Crippen LogP) is 1.89. The van der Waals surface area contributed by atoms with Crippen LogP contribution in [0.25, 0.3) is 0 Å². The summed E-state index contributed by atoms with van der Waals surface area (Å²) in [7, 11) is 0. The Morgan fingerprint density at radius 3 is 2.33 bits per heavy atom. The molecule has 1 aliphatic rings. The highest BCUT2D eigenvalue weighted by molar-refractivity contribution is 6.33. The molecule has 110 valence electrons. The predicted molar refractivity (Wildman–Crippen MR) is 80.7 cm³/mol. The lowest BCUT2D eigenvalue weighted by Crippen LogP contribution is -2.48. The quantitative estimate of drug-likeness (QED) is 0.920. The van der Waals surface area contributed by atoms with Crippen molar-refractivity contribution in [2.45, 2.75) is 0 Å². The molecule has 0 unspecified atom stereocenters. The van der Waals surface area contributed by atoms with E-state index in [-0.39, 0.29) is 11.4 Å². The van der Waals surface area contributed by atoms with Gasteiger partial charge < -0.3 is 9.80 Å². The molecule has 0 amide bonds. The number of hydrogen-bond donors (Lipinski definition) is 1. The zero-order valence-electron chi connectivity index (χ0n) is 11.2. The molecule has 1 N–H and O–H groups in total. The molecule has 5 nitrogen and oxygen atoms in total. The molecule has 3 rings (SSSR count). The number of halogens is 2. The molecule has 0 spiro atoms. The third kappa shape index (κ3) is 2.85. The van der Waals surface area contributed by atoms with Crippen molar-refractivity contribution < 1.29 is 4.39 Å². The fraction of sp³-hybridized carbons (Fsp3) is 0.286. The van der Waals surface area contributed by atoms with Crippen LogP contribution < -0.4 is 15.4 Å². The van der Waals surface area contributed by atoms with E-state index in [4.69, 9.17) is 11.6 Å². The van der Waals surface area contributed by atoms with Crippen LogP contribution in [-0.4, -0.2) is 36.4 Å². The Hall–Kier alpha value is -2.08. The molecule has 0 bridgehead atoms. The Morgan fingerprint density at radius 2 is 1.71 bits per heavy atom. The van der Waals surface area contributed by atoms with Gasteiger partial charge in [-0.05, 0) is 24.3 Å². The number of nitrogens with zero attached hydrogens (tertiary/aromatic N) is 3. The molecule has 1 aliphatic heterocycles. The lowest BCUT2D eigenvalue weighted by atomic mass is 10.2. The van der Waals surface area contributed by atoms with Crippen LogP contribution in [-0.2, 0) is 0 Å². The van der Waals surface area contributed by atoms with Gasteiger partial charge in [-0.1, -0.05) is 11.6 Å². The Morgan fingerprint density at radius 1 is 1.10 bits per heavy atom. The molecule has 0 atom stereocenters. The van der Waals surface area contributed by atoms with Crippen LogP contribution in [0.1, 0.15) is 0 Å². The molecule has 1 saturated heterocycles. The van der Waals surface area contributed by atoms with E-state index in [0.717, 1.165) is 18.8 Å². The van der Waals surface area contributed by atoms with Crippen molar-refractivity contribution in [1.29, 1.82) is 0 Å². The maximum absolute atomic E-state index is 12.9. The monoisotopic (exact) mass is 308 g/mol. The molecule has 2 heterocycles. The number of rotatable bonds is 2. The van der Waals surface area contributed by atoms with E-state index < -0.39 is 0 Å². The van der Waals surface area contributed by atoms with Crippen LogP contribution in [0.4, 0.5) is 15.8 Å². The number of piperazine rings is 1. The van der Waals surface area contributed by atoms with Gasteiger partial charge in [0.25, 0.3) is 5.56 Å². The first kappa shape index (κ1) is 13.9. The molecule has 1 aromatic heterocycles. The zero-order chi connectivity index (χ0) is 14.8. The minimum absolute atomic E-state index is 0.243. The molecular formula is C14H14ClFN4O. The lowest BCUT2D eigenvalue weighted by molar-refractivity contribution is 0.624. The van der Waals surface area contributed by atoms with E-state index in [1.165, 1.54) is 18.3 Å². The molecule has 7 heteroatoms. The number of anilines is 2. The number of aromatic amines is 1. The first-order valence-corrected chi connectivity index (χ1v) is 7.01. The smallest absolute Gasteiger partial charge is 0.289 e. The second kappa shape index (κ2) is 5.73. The highest BCUT2D eigenvalue weighted by Gasteiger charge is 2.21. The maximum Gasteiger partial charge on any atom is 0.289 e. The average molecular weight is 309 g/mol. The summed E-state index contributed by atoms with van der Waals surface area (Å²) in [6.45, 7) is 2.82. The van der Waals surface area contributed by atoms with Gasteiger partial charge in [-0.15, -0.1) is 0 Å². The van der Waals surface area contributed by atoms with Gasteiger partial charge in [0, 0.05) is 31.9 Å². The van der Waals surface area contributed by atoms with Gasteiger partial charge in [-0.25, -0.2) is 9.49 Å². The van der Waals surface area contributed by atoms with Crippen LogP contribution >= 0.6 is 11.6 Å². The first-order valence-electron chi connectivity index (χ1n) is 6.64. The van der Waals surface area contributed by atoms with Crippen molar-refractivity contribution in [3.8, 4) is 0 Å². The van der Waals surface area contributed by atoms with Gasteiger partial charge in [0.05, 0.1) is 11.2 Å². The second-order valence-electron chi connectivity index (χ2n) is 4.85. The van der Waals surface area contributed by atoms with E-state index in [0.29, 0.717) is 23.8 Å². The van der Waals surface area contributed by atoms with Crippen LogP contribution in [0.5, 0.6) is 0 Å². The summed E-state index contributed by atoms with van der Waals surface area (Å²) >= 11 is 6.05. The van der Waals surface area contributed by atoms with Crippen LogP contribution in [0, 0.1) is 5.82 Å². The third-order valence-corrected chi connectivity index (χ3v) is 3.85. The zero-order valence-corrected chi connectivity index (χ0v) is 12.0. The lowest BCUT2D eigenvalue weighted by Gasteiger charge is -2.37. The molecular weight excluding hydrogens is 295 g/mol. The minimum atomic E-state index is -0.280. The molecule has 2 aromatic rings. The van der Waals surface area contributed by atoms with E-state index in [1.807, 2.05) is 4.90 Å². The second-order valence-corrected chi connectivity index (χ2v) is 5.25. The standard InChI is InChI=1S/C14H14ClFN4O/c15-12-9-17-18-14(21)13(12)20-7-5-19(6-8-20)11-3-1-10(16)2-4-11/h1-4,9H,5-8H2,(H,18,21). The van der Waals surface area contributed by atoms with Gasteiger partial charge in [-0.2, -0.15) is 5.10 Å². The van der Waals surface area contributed by atoms with Crippen molar-refractivity contribution in [2.24, 2.45) is 0 Å². The Labute approximate surface area is 126 Å². The van der Waals surface area contributed by atoms with Gasteiger partial charge in [0.1, 0.15) is 11.5 Å². The van der Waals surface area contributed by atoms with Crippen LogP contribution in [0.15, 0.2) is 35.3 Å². The third-order valence-electron chi connectivity index (χ3n) is 3.57. The van der Waals surface area contributed by atoms with Crippen molar-refractivity contribution in [3.63, 3.8) is 0 Å². The fourth-order valence-corrected chi connectivity index (χ4v) is 2.76. The molecule has 0 radical (unpaired) electrons. The fourth-order valence-electron chi connectivity index (χ4n) is 2.50. The van der Waals surface area contributed by atoms with E-state index in [2.05, 4.69) is 15.1 Å². The SMILES string of the molecule is O=c1[nH]ncc(Cl)c1N1CCN(c2ccc(F)cc2)CC1. The van der Waals surface area contributed by atoms with Gasteiger partial charge in [-0.3, -0.25) is 4.79 Å². The summed E-state index contributed by atoms with van der Waals surface area (Å²) in [5.74, 6) is -0.243. The van der Waals surface area contributed by atoms with Crippen molar-refractivity contribution in [2.75, 3.05) is 36.0 Å². The number of hydrogen-bond acceptors (Lipinski definition) is 4. The molecule has 21 heavy (non-hydrogen) atoms. The van der Waals surface area contributed by atoms with Gasteiger partial charge in [0.15, 0.2) is 0 Å². The van der Waals surface area contributed by atoms with Crippen molar-refractivity contribution >= 4 is 23.0 Å². The van der Waals surface area contributed by atoms with Crippen molar-refractivity contribution in [1.82, 2.24) is 10.2 Å². The average Bonchev–Trinajstić information content (AvgIpc) is 2.49. The first-order chi connectivity index (χ1) is 10.1. The summed E-state index contributed by atoms with van der Waals surface area (Å²) in [6, 6.07) is 6.42. The summed E-state index contributed by atoms with van der Waals surface area (Å²) in [5.41, 5.74) is 1.16. The Bertz CT molecular complexity index is 680. The van der Waals surface area contributed by atoms with Gasteiger partial charge >= 0.3 is 0 Å². The number of aromatic nitrogens is 2. The van der Waals surface area contributed by atoms with Crippen LogP contribution in [0.3, 0.4) is 0 Å². The van der Waals surface area contributed by atoms with Crippen molar-refractivity contribution in [3.05, 3.63) is 51.7 Å². The highest BCUT2D eigenvalue weighted by atomic mass is 35.5. The van der Waals surface area contributed by atoms with Gasteiger partial charge in [0.2, 0.25) is 0 Å². The largest absolute Gasteiger partial charge is 0.368 e. The summed E-state index contributed by atoms with van der Waals surface area (Å²) < 4.78 is 12.9. The normalized spacial score (nSPS) is 15.3. The molecule has 1 fully saturated rings.